The van der Waals surface area contributed by atoms with Crippen LogP contribution in [0.1, 0.15) is 75.1 Å². The highest BCUT2D eigenvalue weighted by atomic mass is 16.2. The number of hydrogen-bond acceptors (Lipinski definition) is 3. The second-order valence-electron chi connectivity index (χ2n) is 9.45. The Morgan fingerprint density at radius 2 is 1.90 bits per heavy atom. The van der Waals surface area contributed by atoms with Gasteiger partial charge in [-0.1, -0.05) is 25.3 Å². The summed E-state index contributed by atoms with van der Waals surface area (Å²) in [5.41, 5.74) is 1.41. The first-order valence-corrected chi connectivity index (χ1v) is 11.4. The number of carbonyl (C=O) groups is 3. The summed E-state index contributed by atoms with van der Waals surface area (Å²) in [6.07, 6.45) is 9.63. The highest BCUT2D eigenvalue weighted by Gasteiger charge is 2.48. The second kappa shape index (κ2) is 8.78. The minimum Gasteiger partial charge on any atom is -0.353 e. The van der Waals surface area contributed by atoms with Crippen LogP contribution in [0.25, 0.3) is 0 Å². The van der Waals surface area contributed by atoms with E-state index < -0.39 is 0 Å². The van der Waals surface area contributed by atoms with E-state index in [1.54, 1.807) is 12.1 Å². The molecule has 1 unspecified atom stereocenters. The molecule has 1 saturated heterocycles. The standard InChI is InChI=1S/C24H33N3O3/c1-17(28)25-21-7-5-6-18(14-21)23(30)27-15-19(8-11-22(29)26-20-9-10-20)24(16-27)12-3-2-4-13-24/h5-7,14,19-20H,2-4,8-13,15-16H2,1H3,(H,25,28)(H,26,29). The third-order valence-electron chi connectivity index (χ3n) is 7.04. The number of hydrogen-bond donors (Lipinski definition) is 2. The number of nitrogens with zero attached hydrogens (tertiary/aromatic N) is 1. The Bertz CT molecular complexity index is 812. The van der Waals surface area contributed by atoms with E-state index in [4.69, 9.17) is 0 Å². The SMILES string of the molecule is CC(=O)Nc1cccc(C(=O)N2CC(CCC(=O)NC3CC3)C3(CCCCC3)C2)c1. The fourth-order valence-corrected chi connectivity index (χ4v) is 5.36. The van der Waals surface area contributed by atoms with Gasteiger partial charge in [0.25, 0.3) is 5.91 Å². The predicted molar refractivity (Wildman–Crippen MR) is 116 cm³/mol. The van der Waals surface area contributed by atoms with E-state index >= 15 is 0 Å². The number of amides is 3. The minimum atomic E-state index is -0.147. The quantitative estimate of drug-likeness (QED) is 0.749. The third kappa shape index (κ3) is 4.85. The Labute approximate surface area is 178 Å². The van der Waals surface area contributed by atoms with Gasteiger partial charge in [-0.15, -0.1) is 0 Å². The number of anilines is 1. The molecule has 3 fully saturated rings. The van der Waals surface area contributed by atoms with Crippen molar-refractivity contribution < 1.29 is 14.4 Å². The third-order valence-corrected chi connectivity index (χ3v) is 7.04. The number of nitrogens with one attached hydrogen (secondary N) is 2. The average Bonchev–Trinajstić information content (AvgIpc) is 3.47. The Kier molecular flexibility index (Phi) is 6.11. The molecule has 1 spiro atoms. The van der Waals surface area contributed by atoms with Crippen molar-refractivity contribution in [2.24, 2.45) is 11.3 Å². The van der Waals surface area contributed by atoms with Gasteiger partial charge in [0.15, 0.2) is 0 Å². The molecule has 30 heavy (non-hydrogen) atoms. The van der Waals surface area contributed by atoms with Gasteiger partial charge in [-0.25, -0.2) is 0 Å². The van der Waals surface area contributed by atoms with Crippen LogP contribution < -0.4 is 10.6 Å². The maximum Gasteiger partial charge on any atom is 0.253 e. The summed E-state index contributed by atoms with van der Waals surface area (Å²) < 4.78 is 0. The van der Waals surface area contributed by atoms with Crippen LogP contribution in [0.5, 0.6) is 0 Å². The van der Waals surface area contributed by atoms with Gasteiger partial charge >= 0.3 is 0 Å². The van der Waals surface area contributed by atoms with Crippen molar-refractivity contribution in [1.82, 2.24) is 10.2 Å². The van der Waals surface area contributed by atoms with Crippen molar-refractivity contribution in [3.05, 3.63) is 29.8 Å². The zero-order valence-corrected chi connectivity index (χ0v) is 17.9. The molecule has 0 radical (unpaired) electrons. The van der Waals surface area contributed by atoms with Crippen LogP contribution in [-0.2, 0) is 9.59 Å². The molecule has 2 aliphatic carbocycles. The first kappa shape index (κ1) is 20.9. The van der Waals surface area contributed by atoms with E-state index in [-0.39, 0.29) is 23.1 Å². The van der Waals surface area contributed by atoms with Crippen LogP contribution in [0.2, 0.25) is 0 Å². The van der Waals surface area contributed by atoms with Gasteiger partial charge in [-0.05, 0) is 61.6 Å². The van der Waals surface area contributed by atoms with Gasteiger partial charge in [0, 0.05) is 43.7 Å². The van der Waals surface area contributed by atoms with Crippen molar-refractivity contribution in [1.29, 1.82) is 0 Å². The summed E-state index contributed by atoms with van der Waals surface area (Å²) in [5.74, 6) is 0.421. The van der Waals surface area contributed by atoms with Crippen LogP contribution >= 0.6 is 0 Å². The van der Waals surface area contributed by atoms with Crippen LogP contribution in [0.15, 0.2) is 24.3 Å². The summed E-state index contributed by atoms with van der Waals surface area (Å²) >= 11 is 0. The lowest BCUT2D eigenvalue weighted by molar-refractivity contribution is -0.121. The molecule has 1 aromatic rings. The molecule has 6 heteroatoms. The minimum absolute atomic E-state index is 0.0251. The molecular formula is C24H33N3O3. The van der Waals surface area contributed by atoms with Gasteiger partial charge in [0.1, 0.15) is 0 Å². The Hall–Kier alpha value is -2.37. The van der Waals surface area contributed by atoms with E-state index in [9.17, 15) is 14.4 Å². The monoisotopic (exact) mass is 411 g/mol. The van der Waals surface area contributed by atoms with E-state index in [0.717, 1.165) is 45.2 Å². The molecule has 3 aliphatic rings. The molecule has 0 aromatic heterocycles. The summed E-state index contributed by atoms with van der Waals surface area (Å²) in [6.45, 7) is 2.97. The molecule has 162 valence electrons. The zero-order valence-electron chi connectivity index (χ0n) is 17.9. The predicted octanol–water partition coefficient (Wildman–Crippen LogP) is 3.73. The molecule has 1 aromatic carbocycles. The van der Waals surface area contributed by atoms with E-state index in [1.165, 1.54) is 26.2 Å². The van der Waals surface area contributed by atoms with Gasteiger partial charge in [-0.3, -0.25) is 14.4 Å². The maximum absolute atomic E-state index is 13.3. The highest BCUT2D eigenvalue weighted by Crippen LogP contribution is 2.49. The van der Waals surface area contributed by atoms with Crippen molar-refractivity contribution in [3.63, 3.8) is 0 Å². The summed E-state index contributed by atoms with van der Waals surface area (Å²) in [4.78, 5) is 38.9. The maximum atomic E-state index is 13.3. The van der Waals surface area contributed by atoms with Crippen LogP contribution in [-0.4, -0.2) is 41.8 Å². The number of benzene rings is 1. The summed E-state index contributed by atoms with van der Waals surface area (Å²) in [7, 11) is 0. The topological polar surface area (TPSA) is 78.5 Å². The normalized spacial score (nSPS) is 22.7. The Balaban J connectivity index is 1.45. The van der Waals surface area contributed by atoms with E-state index in [1.807, 2.05) is 17.0 Å². The number of rotatable bonds is 6. The van der Waals surface area contributed by atoms with Crippen LogP contribution in [0, 0.1) is 11.3 Å². The van der Waals surface area contributed by atoms with Crippen molar-refractivity contribution in [2.45, 2.75) is 70.8 Å². The molecule has 4 rings (SSSR count). The highest BCUT2D eigenvalue weighted by molar-refractivity contribution is 5.97. The summed E-state index contributed by atoms with van der Waals surface area (Å²) in [6, 6.07) is 7.58. The molecule has 2 N–H and O–H groups in total. The van der Waals surface area contributed by atoms with Crippen LogP contribution in [0.4, 0.5) is 5.69 Å². The van der Waals surface area contributed by atoms with Crippen molar-refractivity contribution >= 4 is 23.4 Å². The molecule has 3 amide bonds. The van der Waals surface area contributed by atoms with E-state index in [2.05, 4.69) is 10.6 Å². The summed E-state index contributed by atoms with van der Waals surface area (Å²) in [5, 5.41) is 5.85. The lowest BCUT2D eigenvalue weighted by Crippen LogP contribution is -2.35. The zero-order chi connectivity index (χ0) is 21.1. The molecule has 1 heterocycles. The Morgan fingerprint density at radius 1 is 1.13 bits per heavy atom. The second-order valence-corrected chi connectivity index (χ2v) is 9.45. The molecule has 6 nitrogen and oxygen atoms in total. The largest absolute Gasteiger partial charge is 0.353 e. The fraction of sp³-hybridized carbons (Fsp3) is 0.625. The van der Waals surface area contributed by atoms with Gasteiger partial charge in [0.2, 0.25) is 11.8 Å². The number of likely N-dealkylation sites (tertiary alicyclic amines) is 1. The molecule has 2 saturated carbocycles. The molecular weight excluding hydrogens is 378 g/mol. The fourth-order valence-electron chi connectivity index (χ4n) is 5.36. The molecule has 1 atom stereocenters. The van der Waals surface area contributed by atoms with E-state index in [0.29, 0.717) is 29.6 Å². The van der Waals surface area contributed by atoms with Gasteiger partial charge in [0.05, 0.1) is 0 Å². The lowest BCUT2D eigenvalue weighted by Gasteiger charge is -2.38. The first-order valence-electron chi connectivity index (χ1n) is 11.4. The van der Waals surface area contributed by atoms with Crippen molar-refractivity contribution in [2.75, 3.05) is 18.4 Å². The number of carbonyl (C=O) groups excluding carboxylic acids is 3. The smallest absolute Gasteiger partial charge is 0.253 e. The van der Waals surface area contributed by atoms with Crippen LogP contribution in [0.3, 0.4) is 0 Å². The molecule has 1 aliphatic heterocycles. The first-order chi connectivity index (χ1) is 14.4. The van der Waals surface area contributed by atoms with Gasteiger partial charge < -0.3 is 15.5 Å². The van der Waals surface area contributed by atoms with Gasteiger partial charge in [-0.2, -0.15) is 0 Å². The average molecular weight is 412 g/mol. The molecule has 0 bridgehead atoms. The van der Waals surface area contributed by atoms with Crippen molar-refractivity contribution in [3.8, 4) is 0 Å². The lowest BCUT2D eigenvalue weighted by atomic mass is 9.66. The Morgan fingerprint density at radius 3 is 2.60 bits per heavy atom.